The van der Waals surface area contributed by atoms with Crippen LogP contribution in [-0.4, -0.2) is 30.7 Å². The number of carboxylic acid groups (broad SMARTS) is 1. The molecule has 2 amide bonds. The number of nitrogens with zero attached hydrogens (tertiary/aromatic N) is 2. The number of carboxylic acids is 1. The van der Waals surface area contributed by atoms with Crippen molar-refractivity contribution < 1.29 is 14.7 Å². The van der Waals surface area contributed by atoms with Crippen LogP contribution in [0.15, 0.2) is 24.3 Å². The van der Waals surface area contributed by atoms with Gasteiger partial charge in [-0.2, -0.15) is 5.26 Å². The van der Waals surface area contributed by atoms with Crippen LogP contribution < -0.4 is 10.2 Å². The second kappa shape index (κ2) is 7.14. The van der Waals surface area contributed by atoms with Crippen LogP contribution in [0.4, 0.5) is 10.5 Å². The van der Waals surface area contributed by atoms with Crippen LogP contribution in [-0.2, 0) is 4.79 Å². The van der Waals surface area contributed by atoms with Gasteiger partial charge >= 0.3 is 12.0 Å². The number of hydrogen-bond acceptors (Lipinski definition) is 3. The molecule has 0 spiro atoms. The van der Waals surface area contributed by atoms with Gasteiger partial charge in [0.2, 0.25) is 0 Å². The lowest BCUT2D eigenvalue weighted by Crippen LogP contribution is -2.41. The summed E-state index contributed by atoms with van der Waals surface area (Å²) in [6.07, 6.45) is 0.439. The summed E-state index contributed by atoms with van der Waals surface area (Å²) in [5, 5.41) is 20.5. The Morgan fingerprint density at radius 3 is 2.65 bits per heavy atom. The van der Waals surface area contributed by atoms with Crippen molar-refractivity contribution in [3.05, 3.63) is 29.8 Å². The molecule has 0 saturated carbocycles. The number of aliphatic carboxylic acids is 1. The Kier molecular flexibility index (Phi) is 5.54. The summed E-state index contributed by atoms with van der Waals surface area (Å²) in [4.78, 5) is 24.1. The van der Waals surface area contributed by atoms with Crippen molar-refractivity contribution in [3.8, 4) is 6.07 Å². The van der Waals surface area contributed by atoms with Gasteiger partial charge in [-0.25, -0.2) is 4.79 Å². The van der Waals surface area contributed by atoms with Crippen LogP contribution in [0.3, 0.4) is 0 Å². The van der Waals surface area contributed by atoms with Gasteiger partial charge in [0, 0.05) is 13.6 Å². The smallest absolute Gasteiger partial charge is 0.321 e. The van der Waals surface area contributed by atoms with E-state index in [1.165, 1.54) is 11.9 Å². The summed E-state index contributed by atoms with van der Waals surface area (Å²) in [5.41, 5.74) is 0.867. The largest absolute Gasteiger partial charge is 0.481 e. The fraction of sp³-hybridized carbons (Fsp3) is 0.357. The average Bonchev–Trinajstić information content (AvgIpc) is 2.46. The average molecular weight is 275 g/mol. The molecule has 1 atom stereocenters. The monoisotopic (exact) mass is 275 g/mol. The molecule has 0 aliphatic carbocycles. The first-order chi connectivity index (χ1) is 9.51. The number of amides is 2. The van der Waals surface area contributed by atoms with Crippen molar-refractivity contribution in [2.24, 2.45) is 5.92 Å². The number of nitriles is 1. The topological polar surface area (TPSA) is 93.4 Å². The Balaban J connectivity index is 2.73. The van der Waals surface area contributed by atoms with E-state index in [0.717, 1.165) is 0 Å². The van der Waals surface area contributed by atoms with Crippen molar-refractivity contribution >= 4 is 17.7 Å². The summed E-state index contributed by atoms with van der Waals surface area (Å²) in [6.45, 7) is 1.81. The van der Waals surface area contributed by atoms with Crippen molar-refractivity contribution in [3.63, 3.8) is 0 Å². The van der Waals surface area contributed by atoms with Gasteiger partial charge in [-0.3, -0.25) is 9.69 Å². The molecule has 2 N–H and O–H groups in total. The first-order valence-electron chi connectivity index (χ1n) is 6.24. The SMILES string of the molecule is CCC(CNC(=O)N(C)c1ccccc1C#N)C(=O)O. The standard InChI is InChI=1S/C14H17N3O3/c1-3-10(13(18)19)9-16-14(20)17(2)12-7-5-4-6-11(12)8-15/h4-7,10H,3,9H2,1-2H3,(H,16,20)(H,18,19). The van der Waals surface area contributed by atoms with Gasteiger partial charge in [0.05, 0.1) is 17.2 Å². The van der Waals surface area contributed by atoms with Crippen molar-refractivity contribution in [1.29, 1.82) is 5.26 Å². The number of urea groups is 1. The van der Waals surface area contributed by atoms with Crippen molar-refractivity contribution in [2.45, 2.75) is 13.3 Å². The number of anilines is 1. The molecular formula is C14H17N3O3. The number of benzene rings is 1. The number of carbonyl (C=O) groups is 2. The highest BCUT2D eigenvalue weighted by atomic mass is 16.4. The van der Waals surface area contributed by atoms with Crippen LogP contribution in [0.25, 0.3) is 0 Å². The van der Waals surface area contributed by atoms with Gasteiger partial charge in [0.25, 0.3) is 0 Å². The molecule has 20 heavy (non-hydrogen) atoms. The Labute approximate surface area is 117 Å². The Bertz CT molecular complexity index is 537. The molecule has 1 unspecified atom stereocenters. The van der Waals surface area contributed by atoms with Gasteiger partial charge in [-0.05, 0) is 18.6 Å². The van der Waals surface area contributed by atoms with E-state index in [4.69, 9.17) is 10.4 Å². The Morgan fingerprint density at radius 1 is 1.45 bits per heavy atom. The zero-order chi connectivity index (χ0) is 15.1. The maximum absolute atomic E-state index is 12.0. The molecule has 0 aliphatic heterocycles. The molecule has 1 aromatic rings. The van der Waals surface area contributed by atoms with E-state index in [9.17, 15) is 9.59 Å². The molecule has 0 heterocycles. The van der Waals surface area contributed by atoms with E-state index in [1.54, 1.807) is 31.2 Å². The van der Waals surface area contributed by atoms with Crippen LogP contribution in [0, 0.1) is 17.2 Å². The molecule has 0 fully saturated rings. The van der Waals surface area contributed by atoms with Crippen LogP contribution >= 0.6 is 0 Å². The lowest BCUT2D eigenvalue weighted by Gasteiger charge is -2.20. The number of hydrogen-bond donors (Lipinski definition) is 2. The first kappa shape index (κ1) is 15.5. The van der Waals surface area contributed by atoms with E-state index < -0.39 is 17.9 Å². The summed E-state index contributed by atoms with van der Waals surface area (Å²) in [6, 6.07) is 8.29. The fourth-order valence-electron chi connectivity index (χ4n) is 1.71. The number of nitrogens with one attached hydrogen (secondary N) is 1. The fourth-order valence-corrected chi connectivity index (χ4v) is 1.71. The molecule has 0 bridgehead atoms. The Hall–Kier alpha value is -2.55. The minimum atomic E-state index is -0.937. The van der Waals surface area contributed by atoms with Gasteiger partial charge in [0.1, 0.15) is 6.07 Å². The molecule has 0 saturated heterocycles. The quantitative estimate of drug-likeness (QED) is 0.857. The molecule has 0 aliphatic rings. The number of rotatable bonds is 5. The molecule has 0 radical (unpaired) electrons. The van der Waals surface area contributed by atoms with Crippen LogP contribution in [0.5, 0.6) is 0 Å². The molecule has 106 valence electrons. The molecule has 6 nitrogen and oxygen atoms in total. The molecule has 1 rings (SSSR count). The van der Waals surface area contributed by atoms with Gasteiger partial charge in [-0.15, -0.1) is 0 Å². The first-order valence-corrected chi connectivity index (χ1v) is 6.24. The number of carbonyl (C=O) groups excluding carboxylic acids is 1. The minimum Gasteiger partial charge on any atom is -0.481 e. The van der Waals surface area contributed by atoms with E-state index in [-0.39, 0.29) is 6.54 Å². The third-order valence-electron chi connectivity index (χ3n) is 3.03. The summed E-state index contributed by atoms with van der Waals surface area (Å²) in [5.74, 6) is -1.55. The zero-order valence-electron chi connectivity index (χ0n) is 11.5. The second-order valence-corrected chi connectivity index (χ2v) is 4.32. The Morgan fingerprint density at radius 2 is 2.10 bits per heavy atom. The van der Waals surface area contributed by atoms with Gasteiger partial charge in [0.15, 0.2) is 0 Å². The third-order valence-corrected chi connectivity index (χ3v) is 3.03. The van der Waals surface area contributed by atoms with Gasteiger partial charge < -0.3 is 10.4 Å². The van der Waals surface area contributed by atoms with Crippen molar-refractivity contribution in [2.75, 3.05) is 18.5 Å². The summed E-state index contributed by atoms with van der Waals surface area (Å²) in [7, 11) is 1.53. The van der Waals surface area contributed by atoms with Crippen LogP contribution in [0.2, 0.25) is 0 Å². The normalized spacial score (nSPS) is 11.2. The molecule has 0 aromatic heterocycles. The highest BCUT2D eigenvalue weighted by Gasteiger charge is 2.18. The lowest BCUT2D eigenvalue weighted by molar-refractivity contribution is -0.141. The third kappa shape index (κ3) is 3.72. The maximum atomic E-state index is 12.0. The highest BCUT2D eigenvalue weighted by molar-refractivity contribution is 5.93. The molecule has 6 heteroatoms. The van der Waals surface area contributed by atoms with Crippen LogP contribution in [0.1, 0.15) is 18.9 Å². The number of para-hydroxylation sites is 1. The van der Waals surface area contributed by atoms with Gasteiger partial charge in [-0.1, -0.05) is 19.1 Å². The molecular weight excluding hydrogens is 258 g/mol. The highest BCUT2D eigenvalue weighted by Crippen LogP contribution is 2.18. The summed E-state index contributed by atoms with van der Waals surface area (Å²) >= 11 is 0. The van der Waals surface area contributed by atoms with Crippen molar-refractivity contribution in [1.82, 2.24) is 5.32 Å². The predicted molar refractivity (Wildman–Crippen MR) is 74.4 cm³/mol. The van der Waals surface area contributed by atoms with E-state index in [1.807, 2.05) is 6.07 Å². The zero-order valence-corrected chi connectivity index (χ0v) is 11.5. The predicted octanol–water partition coefficient (Wildman–Crippen LogP) is 1.81. The molecule has 1 aromatic carbocycles. The second-order valence-electron chi connectivity index (χ2n) is 4.32. The van der Waals surface area contributed by atoms with E-state index >= 15 is 0 Å². The maximum Gasteiger partial charge on any atom is 0.321 e. The lowest BCUT2D eigenvalue weighted by atomic mass is 10.1. The summed E-state index contributed by atoms with van der Waals surface area (Å²) < 4.78 is 0. The van der Waals surface area contributed by atoms with E-state index in [2.05, 4.69) is 5.32 Å². The minimum absolute atomic E-state index is 0.0593. The van der Waals surface area contributed by atoms with E-state index in [0.29, 0.717) is 17.7 Å².